The van der Waals surface area contributed by atoms with Gasteiger partial charge in [0.15, 0.2) is 0 Å². The van der Waals surface area contributed by atoms with Gasteiger partial charge >= 0.3 is 6.18 Å². The van der Waals surface area contributed by atoms with Gasteiger partial charge in [0.1, 0.15) is 5.75 Å². The molecule has 2 aromatic carbocycles. The van der Waals surface area contributed by atoms with E-state index in [0.29, 0.717) is 18.4 Å². The first-order chi connectivity index (χ1) is 11.5. The fourth-order valence-corrected chi connectivity index (χ4v) is 3.52. The van der Waals surface area contributed by atoms with Crippen LogP contribution in [0, 0.1) is 0 Å². The molecule has 0 saturated heterocycles. The summed E-state index contributed by atoms with van der Waals surface area (Å²) in [6, 6.07) is 6.06. The standard InChI is InChI=1S/C15H12Cl2F3NO3S/c1-2-24-14-6-4-10(8-12(14)17)25(22,23)21-13-7-9(15(18,19)20)3-5-11(13)16/h3-8,21H,2H2,1H3. The molecule has 4 nitrogen and oxygen atoms in total. The summed E-state index contributed by atoms with van der Waals surface area (Å²) in [4.78, 5) is -0.241. The van der Waals surface area contributed by atoms with Crippen LogP contribution in [0.25, 0.3) is 0 Å². The fraction of sp³-hybridized carbons (Fsp3) is 0.200. The van der Waals surface area contributed by atoms with E-state index in [4.69, 9.17) is 27.9 Å². The molecule has 0 bridgehead atoms. The molecule has 2 rings (SSSR count). The first-order valence-corrected chi connectivity index (χ1v) is 9.10. The summed E-state index contributed by atoms with van der Waals surface area (Å²) < 4.78 is 70.3. The molecule has 10 heteroatoms. The Morgan fingerprint density at radius 3 is 2.32 bits per heavy atom. The molecule has 136 valence electrons. The van der Waals surface area contributed by atoms with Gasteiger partial charge in [0, 0.05) is 0 Å². The number of benzene rings is 2. The number of ether oxygens (including phenoxy) is 1. The summed E-state index contributed by atoms with van der Waals surface area (Å²) in [6.45, 7) is 2.07. The van der Waals surface area contributed by atoms with Crippen LogP contribution in [0.2, 0.25) is 10.0 Å². The number of rotatable bonds is 5. The highest BCUT2D eigenvalue weighted by atomic mass is 35.5. The van der Waals surface area contributed by atoms with Gasteiger partial charge in [0.2, 0.25) is 0 Å². The highest BCUT2D eigenvalue weighted by Crippen LogP contribution is 2.35. The van der Waals surface area contributed by atoms with E-state index in [0.717, 1.165) is 18.2 Å². The summed E-state index contributed by atoms with van der Waals surface area (Å²) in [5, 5.41) is -0.117. The average molecular weight is 414 g/mol. The van der Waals surface area contributed by atoms with Crippen LogP contribution >= 0.6 is 23.2 Å². The van der Waals surface area contributed by atoms with Crippen molar-refractivity contribution in [2.75, 3.05) is 11.3 Å². The zero-order valence-electron chi connectivity index (χ0n) is 12.7. The van der Waals surface area contributed by atoms with Gasteiger partial charge in [0.25, 0.3) is 10.0 Å². The van der Waals surface area contributed by atoms with Crippen molar-refractivity contribution < 1.29 is 26.3 Å². The van der Waals surface area contributed by atoms with Crippen LogP contribution in [0.15, 0.2) is 41.3 Å². The molecule has 0 amide bonds. The molecular formula is C15H12Cl2F3NO3S. The minimum atomic E-state index is -4.63. The first-order valence-electron chi connectivity index (χ1n) is 6.86. The lowest BCUT2D eigenvalue weighted by Crippen LogP contribution is -2.14. The molecule has 25 heavy (non-hydrogen) atoms. The summed E-state index contributed by atoms with van der Waals surface area (Å²) in [6.07, 6.45) is -4.63. The molecule has 0 aliphatic carbocycles. The van der Waals surface area contributed by atoms with E-state index in [1.165, 1.54) is 12.1 Å². The van der Waals surface area contributed by atoms with Crippen LogP contribution in [0.1, 0.15) is 12.5 Å². The quantitative estimate of drug-likeness (QED) is 0.731. The van der Waals surface area contributed by atoms with Crippen LogP contribution < -0.4 is 9.46 Å². The minimum Gasteiger partial charge on any atom is -0.492 e. The van der Waals surface area contributed by atoms with Gasteiger partial charge in [-0.25, -0.2) is 8.42 Å². The Morgan fingerprint density at radius 2 is 1.76 bits per heavy atom. The van der Waals surface area contributed by atoms with E-state index >= 15 is 0 Å². The lowest BCUT2D eigenvalue weighted by atomic mass is 10.2. The van der Waals surface area contributed by atoms with Crippen molar-refractivity contribution in [2.45, 2.75) is 18.0 Å². The van der Waals surface area contributed by atoms with Crippen molar-refractivity contribution in [1.82, 2.24) is 0 Å². The van der Waals surface area contributed by atoms with Crippen LogP contribution in [0.5, 0.6) is 5.75 Å². The number of hydrogen-bond acceptors (Lipinski definition) is 3. The van der Waals surface area contributed by atoms with Gasteiger partial charge in [0.05, 0.1) is 32.8 Å². The van der Waals surface area contributed by atoms with Crippen LogP contribution in [0.4, 0.5) is 18.9 Å². The largest absolute Gasteiger partial charge is 0.492 e. The van der Waals surface area contributed by atoms with Crippen molar-refractivity contribution in [2.24, 2.45) is 0 Å². The molecule has 0 aliphatic heterocycles. The zero-order valence-corrected chi connectivity index (χ0v) is 15.0. The van der Waals surface area contributed by atoms with E-state index in [-0.39, 0.29) is 20.6 Å². The number of halogens is 5. The number of hydrogen-bond donors (Lipinski definition) is 1. The second-order valence-electron chi connectivity index (χ2n) is 4.82. The Labute approximate surface area is 152 Å². The third-order valence-electron chi connectivity index (χ3n) is 3.05. The molecule has 0 unspecified atom stereocenters. The Balaban J connectivity index is 2.38. The van der Waals surface area contributed by atoms with Gasteiger partial charge in [-0.2, -0.15) is 13.2 Å². The summed E-state index contributed by atoms with van der Waals surface area (Å²) in [7, 11) is -4.19. The highest BCUT2D eigenvalue weighted by Gasteiger charge is 2.31. The first kappa shape index (κ1) is 19.7. The molecule has 2 aromatic rings. The highest BCUT2D eigenvalue weighted by molar-refractivity contribution is 7.92. The number of anilines is 1. The summed E-state index contributed by atoms with van der Waals surface area (Å²) in [5.74, 6) is 0.292. The van der Waals surface area contributed by atoms with Crippen molar-refractivity contribution in [3.05, 3.63) is 52.0 Å². The van der Waals surface area contributed by atoms with Crippen LogP contribution in [-0.2, 0) is 16.2 Å². The fourth-order valence-electron chi connectivity index (χ4n) is 1.90. The van der Waals surface area contributed by atoms with Gasteiger partial charge in [-0.1, -0.05) is 23.2 Å². The molecular weight excluding hydrogens is 402 g/mol. The maximum Gasteiger partial charge on any atom is 0.416 e. The molecule has 0 aliphatic rings. The molecule has 0 aromatic heterocycles. The third kappa shape index (κ3) is 4.71. The molecule has 0 atom stereocenters. The maximum absolute atomic E-state index is 12.8. The minimum absolute atomic E-state index is 0.0554. The molecule has 0 spiro atoms. The lowest BCUT2D eigenvalue weighted by molar-refractivity contribution is -0.137. The summed E-state index contributed by atoms with van der Waals surface area (Å²) in [5.41, 5.74) is -1.42. The molecule has 0 saturated carbocycles. The van der Waals surface area contributed by atoms with Crippen molar-refractivity contribution >= 4 is 38.9 Å². The van der Waals surface area contributed by atoms with E-state index in [9.17, 15) is 21.6 Å². The molecule has 0 heterocycles. The van der Waals surface area contributed by atoms with Gasteiger partial charge in [-0.3, -0.25) is 4.72 Å². The average Bonchev–Trinajstić information content (AvgIpc) is 2.50. The SMILES string of the molecule is CCOc1ccc(S(=O)(=O)Nc2cc(C(F)(F)F)ccc2Cl)cc1Cl. The molecule has 0 radical (unpaired) electrons. The zero-order chi connectivity index (χ0) is 18.8. The summed E-state index contributed by atoms with van der Waals surface area (Å²) >= 11 is 11.7. The number of sulfonamides is 1. The van der Waals surface area contributed by atoms with Crippen LogP contribution in [-0.4, -0.2) is 15.0 Å². The van der Waals surface area contributed by atoms with E-state index in [1.807, 2.05) is 4.72 Å². The molecule has 1 N–H and O–H groups in total. The topological polar surface area (TPSA) is 55.4 Å². The molecule has 0 fully saturated rings. The van der Waals surface area contributed by atoms with Crippen molar-refractivity contribution in [3.8, 4) is 5.75 Å². The normalized spacial score (nSPS) is 12.1. The van der Waals surface area contributed by atoms with Crippen molar-refractivity contribution in [3.63, 3.8) is 0 Å². The lowest BCUT2D eigenvalue weighted by Gasteiger charge is -2.13. The monoisotopic (exact) mass is 413 g/mol. The number of alkyl halides is 3. The van der Waals surface area contributed by atoms with E-state index in [1.54, 1.807) is 6.92 Å². The predicted octanol–water partition coefficient (Wildman–Crippen LogP) is 5.21. The predicted molar refractivity (Wildman–Crippen MR) is 89.9 cm³/mol. The number of nitrogens with one attached hydrogen (secondary N) is 1. The maximum atomic E-state index is 12.8. The Morgan fingerprint density at radius 1 is 1.08 bits per heavy atom. The van der Waals surface area contributed by atoms with Gasteiger partial charge in [-0.05, 0) is 43.3 Å². The third-order valence-corrected chi connectivity index (χ3v) is 5.04. The smallest absolute Gasteiger partial charge is 0.416 e. The second-order valence-corrected chi connectivity index (χ2v) is 7.32. The Kier molecular flexibility index (Phi) is 5.75. The van der Waals surface area contributed by atoms with Crippen LogP contribution in [0.3, 0.4) is 0 Å². The van der Waals surface area contributed by atoms with Gasteiger partial charge < -0.3 is 4.74 Å². The second kappa shape index (κ2) is 7.31. The van der Waals surface area contributed by atoms with E-state index in [2.05, 4.69) is 0 Å². The van der Waals surface area contributed by atoms with Crippen molar-refractivity contribution in [1.29, 1.82) is 0 Å². The Hall–Kier alpha value is -1.64. The Bertz CT molecular complexity index is 886. The van der Waals surface area contributed by atoms with Gasteiger partial charge in [-0.15, -0.1) is 0 Å². The van der Waals surface area contributed by atoms with E-state index < -0.39 is 21.8 Å².